The van der Waals surface area contributed by atoms with Gasteiger partial charge < -0.3 is 55.2 Å². The Balaban J connectivity index is 0.000000123. The summed E-state index contributed by atoms with van der Waals surface area (Å²) in [5, 5.41) is 30.9. The Bertz CT molecular complexity index is 6970. The van der Waals surface area contributed by atoms with E-state index in [4.69, 9.17) is 34.4 Å². The van der Waals surface area contributed by atoms with Crippen molar-refractivity contribution in [2.45, 2.75) is 33.7 Å². The molecule has 4 saturated heterocycles. The first-order chi connectivity index (χ1) is 64.0. The number of sulfonamides is 2. The maximum Gasteiger partial charge on any atom is 0.248 e. The molecule has 0 aliphatic carbocycles. The van der Waals surface area contributed by atoms with Gasteiger partial charge in [-0.05, 0) is 131 Å². The Morgan fingerprint density at radius 3 is 1.22 bits per heavy atom. The molecule has 680 valence electrons. The van der Waals surface area contributed by atoms with Crippen molar-refractivity contribution in [3.05, 3.63) is 200 Å². The fourth-order valence-corrected chi connectivity index (χ4v) is 20.9. The van der Waals surface area contributed by atoms with Crippen molar-refractivity contribution >= 4 is 179 Å². The average molecular weight is 1890 g/mol. The number of ether oxygens (including phenoxy) is 2. The predicted molar refractivity (Wildman–Crippen MR) is 522 cm³/mol. The molecule has 0 unspecified atom stereocenters. The first-order valence-electron chi connectivity index (χ1n) is 42.6. The van der Waals surface area contributed by atoms with Gasteiger partial charge in [0.2, 0.25) is 26.0 Å². The topological polar surface area (TPSA) is 413 Å². The molecule has 0 saturated carbocycles. The van der Waals surface area contributed by atoms with Gasteiger partial charge in [-0.25, -0.2) is 76.6 Å². The van der Waals surface area contributed by atoms with Gasteiger partial charge in [-0.1, -0.05) is 45.3 Å². The molecule has 16 aromatic rings. The van der Waals surface area contributed by atoms with Crippen LogP contribution in [0.2, 0.25) is 0 Å². The molecule has 1 amide bonds. The minimum absolute atomic E-state index is 0.0297. The van der Waals surface area contributed by atoms with E-state index < -0.39 is 20.0 Å². The fraction of sp³-hybridized carbons (Fsp3) is 0.303. The lowest BCUT2D eigenvalue weighted by Gasteiger charge is -2.39. The van der Waals surface area contributed by atoms with Crippen molar-refractivity contribution in [2.24, 2.45) is 0 Å². The van der Waals surface area contributed by atoms with Crippen LogP contribution in [0.25, 0.3) is 86.4 Å². The lowest BCUT2D eigenvalue weighted by Crippen LogP contribution is -2.53. The first kappa shape index (κ1) is 90.8. The molecule has 20 heterocycles. The van der Waals surface area contributed by atoms with Gasteiger partial charge in [-0.2, -0.15) is 23.9 Å². The third-order valence-electron chi connectivity index (χ3n) is 22.4. The lowest BCUT2D eigenvalue weighted by molar-refractivity contribution is -0.135. The summed E-state index contributed by atoms with van der Waals surface area (Å²) >= 11 is 5.94. The number of methoxy groups -OCH3 is 2. The zero-order chi connectivity index (χ0) is 91.4. The number of aryl methyl sites for hydroxylation is 3. The molecule has 1 atom stereocenters. The number of hydrogen-bond acceptors (Lipinski definition) is 37. The Morgan fingerprint density at radius 1 is 0.424 bits per heavy atom. The van der Waals surface area contributed by atoms with Gasteiger partial charge in [-0.3, -0.25) is 24.8 Å². The molecule has 5 N–H and O–H groups in total. The number of nitrogens with one attached hydrogen (secondary N) is 5. The van der Waals surface area contributed by atoms with Crippen LogP contribution in [0.3, 0.4) is 0 Å². The largest absolute Gasteiger partial charge is 0.383 e. The minimum atomic E-state index is -3.20. The maximum atomic E-state index is 12.0. The number of aromatic amines is 1. The van der Waals surface area contributed by atoms with E-state index in [1.54, 1.807) is 61.9 Å². The number of aromatic nitrogens is 18. The number of carbonyl (C=O) groups is 1. The van der Waals surface area contributed by atoms with Gasteiger partial charge in [0.05, 0.1) is 60.5 Å². The smallest absolute Gasteiger partial charge is 0.248 e. The highest BCUT2D eigenvalue weighted by atomic mass is 32.2. The summed E-state index contributed by atoms with van der Waals surface area (Å²) in [6, 6.07) is 41.4. The van der Waals surface area contributed by atoms with E-state index in [2.05, 4.69) is 123 Å². The molecule has 37 nitrogen and oxygen atoms in total. The molecule has 20 rings (SSSR count). The predicted octanol–water partition coefficient (Wildman–Crippen LogP) is 12.8. The molecule has 4 fully saturated rings. The third-order valence-corrected chi connectivity index (χ3v) is 28.6. The van der Waals surface area contributed by atoms with E-state index in [9.17, 15) is 21.6 Å². The second-order valence-corrected chi connectivity index (χ2v) is 39.4. The van der Waals surface area contributed by atoms with Crippen molar-refractivity contribution in [1.82, 2.24) is 109 Å². The number of hydrogen-bond donors (Lipinski definition) is 5. The summed E-state index contributed by atoms with van der Waals surface area (Å²) in [5.74, 6) is 2.89. The van der Waals surface area contributed by atoms with Crippen LogP contribution in [0.5, 0.6) is 0 Å². The maximum absolute atomic E-state index is 12.0. The summed E-state index contributed by atoms with van der Waals surface area (Å²) in [4.78, 5) is 92.7. The van der Waals surface area contributed by atoms with Crippen LogP contribution in [0, 0.1) is 20.8 Å². The Kier molecular flexibility index (Phi) is 28.3. The van der Waals surface area contributed by atoms with Crippen molar-refractivity contribution in [1.29, 1.82) is 0 Å². The number of amides is 1. The van der Waals surface area contributed by atoms with Crippen LogP contribution < -0.4 is 40.9 Å². The molecule has 0 spiro atoms. The van der Waals surface area contributed by atoms with Crippen LogP contribution in [-0.2, 0) is 34.3 Å². The quantitative estimate of drug-likeness (QED) is 0.0397. The zero-order valence-electron chi connectivity index (χ0n) is 73.6. The van der Waals surface area contributed by atoms with Crippen LogP contribution in [0.4, 0.5) is 66.5 Å². The van der Waals surface area contributed by atoms with E-state index in [0.717, 1.165) is 189 Å². The number of nitrogens with zero attached hydrogens (tertiary/aromatic N) is 25. The van der Waals surface area contributed by atoms with E-state index >= 15 is 0 Å². The highest BCUT2D eigenvalue weighted by Gasteiger charge is 2.31. The minimum Gasteiger partial charge on any atom is -0.383 e. The summed E-state index contributed by atoms with van der Waals surface area (Å²) in [5.41, 5.74) is 17.9. The SMILES string of the molecule is COCC(=O)N1CCN(c2ccnc(Nc3nc4ccc(-c5ccnnc5)nc4s3)c2)CC1.COCCN1CCN(c2ccnc(Nc3nc4ccc(-c5ccnc(C)c5)nc4s3)c2)CC1.Cc1[nH]ncc1-c1ccc2nc(Nc3cc(N4CCN(S(C)(=O)=O)[C@@H](C)C4)ccn3)sc2n1.Cc1cc(-c2ccc3nc(Nc4cc(N5CCN(S(C)(=O)=O)CC5)ccn4)sc3n2)ccn1. The van der Waals surface area contributed by atoms with E-state index in [0.29, 0.717) is 86.6 Å². The number of rotatable bonds is 23. The van der Waals surface area contributed by atoms with Crippen molar-refractivity contribution in [3.63, 3.8) is 0 Å². The molecule has 132 heavy (non-hydrogen) atoms. The molecule has 0 aromatic carbocycles. The number of anilines is 12. The third kappa shape index (κ3) is 22.7. The number of pyridine rings is 10. The van der Waals surface area contributed by atoms with Crippen LogP contribution in [-0.4, -0.2) is 282 Å². The van der Waals surface area contributed by atoms with Gasteiger partial charge in [-0.15, -0.1) is 0 Å². The molecule has 4 aliphatic heterocycles. The fourth-order valence-electron chi connectivity index (χ4n) is 15.6. The second kappa shape index (κ2) is 41.2. The molecule has 4 aliphatic rings. The number of piperazine rings is 4. The number of fused-ring (bicyclic) bond motifs is 4. The zero-order valence-corrected chi connectivity index (χ0v) is 78.5. The molecule has 43 heteroatoms. The monoisotopic (exact) mass is 1890 g/mol. The number of H-pyrrole nitrogens is 1. The van der Waals surface area contributed by atoms with Crippen LogP contribution in [0.15, 0.2) is 183 Å². The Morgan fingerprint density at radius 2 is 0.826 bits per heavy atom. The molecule has 0 bridgehead atoms. The molecule has 0 radical (unpaired) electrons. The lowest BCUT2D eigenvalue weighted by atomic mass is 10.1. The Labute approximate surface area is 778 Å². The summed E-state index contributed by atoms with van der Waals surface area (Å²) in [7, 11) is -3.05. The average Bonchev–Trinajstić information content (AvgIpc) is 1.55. The second-order valence-electron chi connectivity index (χ2n) is 31.6. The Hall–Kier alpha value is -13.1. The van der Waals surface area contributed by atoms with Crippen molar-refractivity contribution in [2.75, 3.05) is 186 Å². The molecular weight excluding hydrogens is 1790 g/mol. The summed E-state index contributed by atoms with van der Waals surface area (Å²) in [6.45, 7) is 20.6. The highest BCUT2D eigenvalue weighted by molar-refractivity contribution is 7.88. The standard InChI is InChI=1S/C24H27N7OS.C22H22N8O2S.C22H23N7O2S2.C21H24N8O2S2/c1-17-15-18(5-7-25-17)20-3-4-21-23(27-20)33-24(28-21)29-22-16-19(6-8-26-22)31-11-9-30(10-12-31)13-14-32-2;1-32-14-20(31)30-10-8-29(9-11-30)16-5-6-23-19(12-16)28-22-27-18-3-2-17(26-21(18)33-22)15-4-7-24-25-13-15;1-15-13-16(5-7-23-15)18-3-4-19-21(25-18)32-22(26-19)27-20-14-17(6-8-24-20)28-9-11-29(12-10-28)33(2,30)31;1-13-12-28(8-9-29(13)33(3,30)31)15-6-7-22-19(10-15)26-21-25-18-5-4-17(24-20(18)32-21)16-11-23-27-14(16)2/h3-8,15-16H,9-14H2,1-2H3,(H,26,28,29);2-7,12-13H,8-11,14H2,1H3,(H,23,27,28);3-8,13-14H,9-12H2,1-2H3,(H,24,26,27);4-7,10-11,13H,8-9,12H2,1-3H3,(H,23,27)(H,22,25,26)/t;;;13-/m...0/s1. The normalized spacial score (nSPS) is 15.3. The van der Waals surface area contributed by atoms with Crippen molar-refractivity contribution in [3.8, 4) is 45.0 Å². The highest BCUT2D eigenvalue weighted by Crippen LogP contribution is 2.37. The molecular formula is C89H96N30O7S6. The van der Waals surface area contributed by atoms with Crippen LogP contribution in [0.1, 0.15) is 24.0 Å². The van der Waals surface area contributed by atoms with E-state index in [-0.39, 0.29) is 18.6 Å². The van der Waals surface area contributed by atoms with Gasteiger partial charge in [0.1, 0.15) is 71.3 Å². The van der Waals surface area contributed by atoms with E-state index in [1.165, 1.54) is 67.9 Å². The molecule has 16 aromatic heterocycles. The van der Waals surface area contributed by atoms with Gasteiger partial charge >= 0.3 is 0 Å². The van der Waals surface area contributed by atoms with Crippen LogP contribution >= 0.6 is 45.3 Å². The van der Waals surface area contributed by atoms with Gasteiger partial charge in [0.25, 0.3) is 0 Å². The summed E-state index contributed by atoms with van der Waals surface area (Å²) < 4.78 is 60.6. The number of carbonyl (C=O) groups excluding carboxylic acids is 1. The van der Waals surface area contributed by atoms with Crippen molar-refractivity contribution < 1.29 is 31.1 Å². The summed E-state index contributed by atoms with van der Waals surface area (Å²) in [6.07, 6.45) is 18.4. The first-order valence-corrected chi connectivity index (χ1v) is 49.5. The van der Waals surface area contributed by atoms with Gasteiger partial charge in [0, 0.05) is 249 Å². The number of thiazole rings is 4. The van der Waals surface area contributed by atoms with E-state index in [1.807, 2.05) is 160 Å². The van der Waals surface area contributed by atoms with Gasteiger partial charge in [0.15, 0.2) is 20.5 Å².